The van der Waals surface area contributed by atoms with Crippen LogP contribution in [0.15, 0.2) is 23.7 Å². The topological polar surface area (TPSA) is 63.5 Å². The Balaban J connectivity index is 0.00000264. The molecule has 1 aromatic rings. The van der Waals surface area contributed by atoms with Crippen molar-refractivity contribution in [2.75, 3.05) is 33.9 Å². The second-order valence-electron chi connectivity index (χ2n) is 6.10. The summed E-state index contributed by atoms with van der Waals surface area (Å²) in [7, 11) is 3.61. The minimum absolute atomic E-state index is 0. The lowest BCUT2D eigenvalue weighted by atomic mass is 9.67. The van der Waals surface area contributed by atoms with Gasteiger partial charge in [0.1, 0.15) is 0 Å². The number of rotatable bonds is 9. The van der Waals surface area contributed by atoms with E-state index in [1.54, 1.807) is 7.11 Å². The van der Waals surface area contributed by atoms with Crippen LogP contribution >= 0.6 is 24.0 Å². The number of guanidine groups is 1. The Kier molecular flexibility index (Phi) is 9.54. The molecule has 0 aromatic carbocycles. The van der Waals surface area contributed by atoms with Crippen molar-refractivity contribution in [1.29, 1.82) is 0 Å². The van der Waals surface area contributed by atoms with Gasteiger partial charge in [0.15, 0.2) is 5.96 Å². The van der Waals surface area contributed by atoms with Crippen LogP contribution in [-0.4, -0.2) is 49.4 Å². The number of nitrogens with zero attached hydrogens (tertiary/aromatic N) is 3. The van der Waals surface area contributed by atoms with E-state index in [0.717, 1.165) is 45.0 Å². The largest absolute Gasteiger partial charge is 0.385 e. The van der Waals surface area contributed by atoms with Gasteiger partial charge in [0.2, 0.25) is 0 Å². The maximum atomic E-state index is 5.24. The number of aromatic nitrogens is 2. The van der Waals surface area contributed by atoms with E-state index in [1.165, 1.54) is 19.3 Å². The highest BCUT2D eigenvalue weighted by Crippen LogP contribution is 2.43. The van der Waals surface area contributed by atoms with Crippen LogP contribution in [-0.2, 0) is 11.3 Å². The van der Waals surface area contributed by atoms with Gasteiger partial charge in [-0.15, -0.1) is 24.0 Å². The number of nitrogens with one attached hydrogen (secondary N) is 2. The van der Waals surface area contributed by atoms with E-state index in [0.29, 0.717) is 5.41 Å². The summed E-state index contributed by atoms with van der Waals surface area (Å²) in [5.74, 6) is 0.898. The molecule has 132 valence electrons. The van der Waals surface area contributed by atoms with Crippen LogP contribution in [0.2, 0.25) is 0 Å². The molecule has 0 atom stereocenters. The number of hydrogen-bond donors (Lipinski definition) is 2. The van der Waals surface area contributed by atoms with Crippen LogP contribution < -0.4 is 10.6 Å². The SMILES string of the molecule is CN=C(NCCCn1ccnc1)NCC1(CCOC)CCC1.I. The lowest BCUT2D eigenvalue weighted by Crippen LogP contribution is -2.47. The van der Waals surface area contributed by atoms with Crippen LogP contribution in [0.25, 0.3) is 0 Å². The molecule has 7 heteroatoms. The van der Waals surface area contributed by atoms with E-state index in [9.17, 15) is 0 Å². The summed E-state index contributed by atoms with van der Waals surface area (Å²) in [6.45, 7) is 3.71. The summed E-state index contributed by atoms with van der Waals surface area (Å²) >= 11 is 0. The van der Waals surface area contributed by atoms with Crippen LogP contribution in [0.5, 0.6) is 0 Å². The molecule has 0 amide bonds. The molecule has 23 heavy (non-hydrogen) atoms. The Morgan fingerprint density at radius 3 is 2.78 bits per heavy atom. The van der Waals surface area contributed by atoms with Crippen LogP contribution in [0, 0.1) is 5.41 Å². The molecule has 1 fully saturated rings. The minimum Gasteiger partial charge on any atom is -0.385 e. The number of halogens is 1. The predicted molar refractivity (Wildman–Crippen MR) is 104 cm³/mol. The zero-order chi connectivity index (χ0) is 15.7. The average molecular weight is 435 g/mol. The van der Waals surface area contributed by atoms with Crippen molar-refractivity contribution in [3.63, 3.8) is 0 Å². The minimum atomic E-state index is 0. The Bertz CT molecular complexity index is 445. The molecule has 2 N–H and O–H groups in total. The van der Waals surface area contributed by atoms with E-state index in [4.69, 9.17) is 4.74 Å². The van der Waals surface area contributed by atoms with Crippen molar-refractivity contribution in [2.24, 2.45) is 10.4 Å². The lowest BCUT2D eigenvalue weighted by molar-refractivity contribution is 0.0732. The van der Waals surface area contributed by atoms with Gasteiger partial charge in [0.05, 0.1) is 6.33 Å². The number of aryl methyl sites for hydroxylation is 1. The number of imidazole rings is 1. The molecular weight excluding hydrogens is 405 g/mol. The van der Waals surface area contributed by atoms with Gasteiger partial charge in [-0.2, -0.15) is 0 Å². The van der Waals surface area contributed by atoms with E-state index >= 15 is 0 Å². The predicted octanol–water partition coefficient (Wildman–Crippen LogP) is 2.26. The molecule has 1 aliphatic carbocycles. The molecular formula is C16H30IN5O. The van der Waals surface area contributed by atoms with Gasteiger partial charge >= 0.3 is 0 Å². The quantitative estimate of drug-likeness (QED) is 0.270. The molecule has 0 saturated heterocycles. The molecule has 1 aliphatic rings. The summed E-state index contributed by atoms with van der Waals surface area (Å²) in [4.78, 5) is 8.35. The molecule has 1 aromatic heterocycles. The van der Waals surface area contributed by atoms with Crippen molar-refractivity contribution in [3.8, 4) is 0 Å². The third kappa shape index (κ3) is 6.66. The Hall–Kier alpha value is -0.830. The summed E-state index contributed by atoms with van der Waals surface area (Å²) in [6.07, 6.45) is 11.8. The van der Waals surface area contributed by atoms with Gasteiger partial charge in [0, 0.05) is 52.8 Å². The third-order valence-electron chi connectivity index (χ3n) is 4.55. The molecule has 0 spiro atoms. The Morgan fingerprint density at radius 1 is 1.39 bits per heavy atom. The zero-order valence-electron chi connectivity index (χ0n) is 14.3. The molecule has 0 aliphatic heterocycles. The maximum Gasteiger partial charge on any atom is 0.190 e. The molecule has 0 unspecified atom stereocenters. The number of ether oxygens (including phenoxy) is 1. The monoisotopic (exact) mass is 435 g/mol. The summed E-state index contributed by atoms with van der Waals surface area (Å²) < 4.78 is 7.33. The first-order chi connectivity index (χ1) is 10.8. The highest BCUT2D eigenvalue weighted by atomic mass is 127. The second kappa shape index (κ2) is 10.9. The fraction of sp³-hybridized carbons (Fsp3) is 0.750. The lowest BCUT2D eigenvalue weighted by Gasteiger charge is -2.42. The van der Waals surface area contributed by atoms with E-state index in [-0.39, 0.29) is 24.0 Å². The standard InChI is InChI=1S/C16H29N5O.HI/c1-17-15(19-8-4-10-21-11-9-18-14-21)20-13-16(5-3-6-16)7-12-22-2;/h9,11,14H,3-8,10,12-13H2,1-2H3,(H2,17,19,20);1H. The van der Waals surface area contributed by atoms with Gasteiger partial charge in [0.25, 0.3) is 0 Å². The summed E-state index contributed by atoms with van der Waals surface area (Å²) in [5.41, 5.74) is 0.407. The Labute approximate surface area is 156 Å². The normalized spacial score (nSPS) is 16.3. The smallest absolute Gasteiger partial charge is 0.190 e. The van der Waals surface area contributed by atoms with E-state index in [2.05, 4.69) is 25.2 Å². The van der Waals surface area contributed by atoms with Crippen LogP contribution in [0.1, 0.15) is 32.1 Å². The highest BCUT2D eigenvalue weighted by molar-refractivity contribution is 14.0. The number of aliphatic imine (C=N–C) groups is 1. The average Bonchev–Trinajstić information content (AvgIpc) is 3.01. The fourth-order valence-corrected chi connectivity index (χ4v) is 2.89. The Morgan fingerprint density at radius 2 is 2.22 bits per heavy atom. The molecule has 1 saturated carbocycles. The van der Waals surface area contributed by atoms with Crippen LogP contribution in [0.4, 0.5) is 0 Å². The highest BCUT2D eigenvalue weighted by Gasteiger charge is 2.36. The van der Waals surface area contributed by atoms with Crippen molar-refractivity contribution in [2.45, 2.75) is 38.6 Å². The summed E-state index contributed by atoms with van der Waals surface area (Å²) in [5, 5.41) is 6.86. The van der Waals surface area contributed by atoms with Crippen molar-refractivity contribution >= 4 is 29.9 Å². The van der Waals surface area contributed by atoms with Gasteiger partial charge in [-0.05, 0) is 31.1 Å². The zero-order valence-corrected chi connectivity index (χ0v) is 16.6. The molecule has 6 nitrogen and oxygen atoms in total. The first-order valence-corrected chi connectivity index (χ1v) is 8.17. The first kappa shape index (κ1) is 20.2. The second-order valence-corrected chi connectivity index (χ2v) is 6.10. The number of methoxy groups -OCH3 is 1. The molecule has 0 radical (unpaired) electrons. The molecule has 0 bridgehead atoms. The first-order valence-electron chi connectivity index (χ1n) is 8.17. The van der Waals surface area contributed by atoms with E-state index in [1.807, 2.05) is 25.8 Å². The van der Waals surface area contributed by atoms with Crippen LogP contribution in [0.3, 0.4) is 0 Å². The van der Waals surface area contributed by atoms with E-state index < -0.39 is 0 Å². The summed E-state index contributed by atoms with van der Waals surface area (Å²) in [6, 6.07) is 0. The fourth-order valence-electron chi connectivity index (χ4n) is 2.89. The van der Waals surface area contributed by atoms with Crippen molar-refractivity contribution in [1.82, 2.24) is 20.2 Å². The van der Waals surface area contributed by atoms with Gasteiger partial charge in [-0.25, -0.2) is 4.98 Å². The van der Waals surface area contributed by atoms with Gasteiger partial charge in [-0.3, -0.25) is 4.99 Å². The van der Waals surface area contributed by atoms with Gasteiger partial charge in [-0.1, -0.05) is 6.42 Å². The van der Waals surface area contributed by atoms with Crippen molar-refractivity contribution < 1.29 is 4.74 Å². The maximum absolute atomic E-state index is 5.24. The molecule has 2 rings (SSSR count). The molecule has 1 heterocycles. The van der Waals surface area contributed by atoms with Crippen molar-refractivity contribution in [3.05, 3.63) is 18.7 Å². The number of hydrogen-bond acceptors (Lipinski definition) is 3. The van der Waals surface area contributed by atoms with Gasteiger partial charge < -0.3 is 19.9 Å². The third-order valence-corrected chi connectivity index (χ3v) is 4.55.